The van der Waals surface area contributed by atoms with Crippen LogP contribution in [0.25, 0.3) is 0 Å². The van der Waals surface area contributed by atoms with Gasteiger partial charge in [-0.05, 0) is 79.2 Å². The van der Waals surface area contributed by atoms with Crippen molar-refractivity contribution in [3.63, 3.8) is 0 Å². The zero-order valence-corrected chi connectivity index (χ0v) is 18.5. The molecule has 1 aliphatic carbocycles. The van der Waals surface area contributed by atoms with E-state index in [4.69, 9.17) is 5.73 Å². The minimum Gasteiger partial charge on any atom is -0.366 e. The van der Waals surface area contributed by atoms with E-state index >= 15 is 0 Å². The van der Waals surface area contributed by atoms with Crippen molar-refractivity contribution >= 4 is 23.0 Å². The molecule has 150 valence electrons. The number of nitrogens with two attached hydrogens (primary N) is 1. The number of carbonyl (C=O) groups excluding carboxylic acids is 2. The Balaban J connectivity index is 1.80. The fourth-order valence-corrected chi connectivity index (χ4v) is 5.79. The molecule has 1 amide bonds. The Bertz CT molecular complexity index is 913. The SMILES string of the molecule is CCc1sc(C(=O)CCc2cc(C)c(C(N)=O)c(C)c2)c2c1CC(C)(C)CC2. The van der Waals surface area contributed by atoms with Gasteiger partial charge in [-0.3, -0.25) is 9.59 Å². The molecule has 4 heteroatoms. The van der Waals surface area contributed by atoms with Crippen molar-refractivity contribution in [2.45, 2.75) is 73.1 Å². The molecule has 0 bridgehead atoms. The molecule has 0 saturated heterocycles. The average molecular weight is 398 g/mol. The van der Waals surface area contributed by atoms with Crippen molar-refractivity contribution in [2.75, 3.05) is 0 Å². The number of rotatable bonds is 6. The Hall–Kier alpha value is -1.94. The van der Waals surface area contributed by atoms with Crippen molar-refractivity contribution in [3.8, 4) is 0 Å². The fraction of sp³-hybridized carbons (Fsp3) is 0.500. The van der Waals surface area contributed by atoms with Crippen molar-refractivity contribution < 1.29 is 9.59 Å². The molecule has 0 fully saturated rings. The topological polar surface area (TPSA) is 60.2 Å². The molecule has 3 rings (SSSR count). The van der Waals surface area contributed by atoms with Gasteiger partial charge in [-0.15, -0.1) is 11.3 Å². The molecule has 2 N–H and O–H groups in total. The lowest BCUT2D eigenvalue weighted by Crippen LogP contribution is -2.22. The fourth-order valence-electron chi connectivity index (χ4n) is 4.52. The Labute approximate surface area is 172 Å². The van der Waals surface area contributed by atoms with Crippen LogP contribution < -0.4 is 5.73 Å². The van der Waals surface area contributed by atoms with Gasteiger partial charge >= 0.3 is 0 Å². The summed E-state index contributed by atoms with van der Waals surface area (Å²) in [5, 5.41) is 0. The number of ketones is 1. The normalized spacial score (nSPS) is 15.3. The van der Waals surface area contributed by atoms with E-state index < -0.39 is 5.91 Å². The van der Waals surface area contributed by atoms with Crippen LogP contribution in [0.15, 0.2) is 12.1 Å². The highest BCUT2D eigenvalue weighted by atomic mass is 32.1. The molecular weight excluding hydrogens is 366 g/mol. The van der Waals surface area contributed by atoms with E-state index in [2.05, 4.69) is 20.8 Å². The van der Waals surface area contributed by atoms with Gasteiger partial charge in [0.25, 0.3) is 0 Å². The number of thiophene rings is 1. The lowest BCUT2D eigenvalue weighted by Gasteiger charge is -2.30. The molecule has 1 aromatic carbocycles. The Kier molecular flexibility index (Phi) is 5.81. The van der Waals surface area contributed by atoms with E-state index in [0.717, 1.165) is 47.3 Å². The number of benzene rings is 1. The summed E-state index contributed by atoms with van der Waals surface area (Å²) in [5.41, 5.74) is 12.0. The minimum absolute atomic E-state index is 0.259. The molecule has 0 unspecified atom stereocenters. The van der Waals surface area contributed by atoms with Crippen LogP contribution in [0.3, 0.4) is 0 Å². The van der Waals surface area contributed by atoms with Crippen LogP contribution in [0.4, 0.5) is 0 Å². The molecule has 0 spiro atoms. The monoisotopic (exact) mass is 397 g/mol. The second-order valence-corrected chi connectivity index (χ2v) is 10.0. The van der Waals surface area contributed by atoms with Crippen LogP contribution in [-0.2, 0) is 25.7 Å². The summed E-state index contributed by atoms with van der Waals surface area (Å²) in [6.45, 7) is 10.7. The number of amides is 1. The predicted octanol–water partition coefficient (Wildman–Crippen LogP) is 5.36. The molecule has 0 radical (unpaired) electrons. The number of fused-ring (bicyclic) bond motifs is 1. The molecule has 0 saturated carbocycles. The van der Waals surface area contributed by atoms with Gasteiger partial charge in [0.1, 0.15) is 0 Å². The first-order valence-electron chi connectivity index (χ1n) is 10.2. The predicted molar refractivity (Wildman–Crippen MR) is 117 cm³/mol. The second-order valence-electron chi connectivity index (χ2n) is 8.90. The first kappa shape index (κ1) is 20.8. The zero-order valence-electron chi connectivity index (χ0n) is 17.7. The summed E-state index contributed by atoms with van der Waals surface area (Å²) >= 11 is 1.72. The van der Waals surface area contributed by atoms with Gasteiger partial charge in [0.2, 0.25) is 5.91 Å². The molecule has 3 nitrogen and oxygen atoms in total. The van der Waals surface area contributed by atoms with Crippen LogP contribution in [0.2, 0.25) is 0 Å². The Morgan fingerprint density at radius 3 is 2.36 bits per heavy atom. The van der Waals surface area contributed by atoms with E-state index in [-0.39, 0.29) is 5.78 Å². The molecule has 28 heavy (non-hydrogen) atoms. The summed E-state index contributed by atoms with van der Waals surface area (Å²) in [6.07, 6.45) is 5.46. The third-order valence-corrected chi connectivity index (χ3v) is 7.42. The first-order valence-corrected chi connectivity index (χ1v) is 11.0. The summed E-state index contributed by atoms with van der Waals surface area (Å²) in [4.78, 5) is 27.0. The molecule has 1 aromatic heterocycles. The minimum atomic E-state index is -0.391. The lowest BCUT2D eigenvalue weighted by molar-refractivity contribution is 0.0980. The zero-order chi connectivity index (χ0) is 20.6. The quantitative estimate of drug-likeness (QED) is 0.667. The standard InChI is InChI=1S/C24H31NO2S/c1-6-20-18-13-24(4,5)10-9-17(18)22(28-20)19(26)8-7-16-11-14(2)21(23(25)27)15(3)12-16/h11-12H,6-10,13H2,1-5H3,(H2,25,27). The van der Waals surface area contributed by atoms with E-state index in [9.17, 15) is 9.59 Å². The van der Waals surface area contributed by atoms with Gasteiger partial charge in [0.05, 0.1) is 4.88 Å². The molecular formula is C24H31NO2S. The maximum absolute atomic E-state index is 13.1. The summed E-state index contributed by atoms with van der Waals surface area (Å²) in [6, 6.07) is 3.98. The highest BCUT2D eigenvalue weighted by molar-refractivity contribution is 7.14. The van der Waals surface area contributed by atoms with Crippen molar-refractivity contribution in [2.24, 2.45) is 11.1 Å². The van der Waals surface area contributed by atoms with Crippen molar-refractivity contribution in [3.05, 3.63) is 55.3 Å². The van der Waals surface area contributed by atoms with Gasteiger partial charge in [-0.25, -0.2) is 0 Å². The summed E-state index contributed by atoms with van der Waals surface area (Å²) in [5.74, 6) is -0.132. The molecule has 1 heterocycles. The Morgan fingerprint density at radius 2 is 1.79 bits per heavy atom. The summed E-state index contributed by atoms with van der Waals surface area (Å²) in [7, 11) is 0. The maximum atomic E-state index is 13.1. The van der Waals surface area contributed by atoms with E-state index in [1.54, 1.807) is 11.3 Å². The number of primary amides is 1. The maximum Gasteiger partial charge on any atom is 0.249 e. The van der Waals surface area contributed by atoms with Gasteiger partial charge in [0, 0.05) is 16.9 Å². The van der Waals surface area contributed by atoms with Crippen molar-refractivity contribution in [1.29, 1.82) is 0 Å². The van der Waals surface area contributed by atoms with E-state index in [1.165, 1.54) is 16.0 Å². The summed E-state index contributed by atoms with van der Waals surface area (Å²) < 4.78 is 0. The first-order chi connectivity index (χ1) is 13.1. The third-order valence-electron chi connectivity index (χ3n) is 5.96. The van der Waals surface area contributed by atoms with Gasteiger partial charge in [-0.2, -0.15) is 0 Å². The average Bonchev–Trinajstić information content (AvgIpc) is 2.95. The van der Waals surface area contributed by atoms with Crippen LogP contribution in [0.1, 0.15) is 86.3 Å². The highest BCUT2D eigenvalue weighted by Crippen LogP contribution is 2.42. The van der Waals surface area contributed by atoms with Crippen LogP contribution in [0.5, 0.6) is 0 Å². The van der Waals surface area contributed by atoms with Gasteiger partial charge in [0.15, 0.2) is 5.78 Å². The Morgan fingerprint density at radius 1 is 1.14 bits per heavy atom. The van der Waals surface area contributed by atoms with Gasteiger partial charge in [-0.1, -0.05) is 32.9 Å². The van der Waals surface area contributed by atoms with E-state index in [1.807, 2.05) is 26.0 Å². The number of hydrogen-bond acceptors (Lipinski definition) is 3. The number of carbonyl (C=O) groups is 2. The molecule has 0 atom stereocenters. The number of aryl methyl sites for hydroxylation is 4. The highest BCUT2D eigenvalue weighted by Gasteiger charge is 2.31. The lowest BCUT2D eigenvalue weighted by atomic mass is 9.74. The number of Topliss-reactive ketones (excluding diaryl/α,β-unsaturated/α-hetero) is 1. The van der Waals surface area contributed by atoms with Crippen molar-refractivity contribution in [1.82, 2.24) is 0 Å². The van der Waals surface area contributed by atoms with E-state index in [0.29, 0.717) is 23.8 Å². The smallest absolute Gasteiger partial charge is 0.249 e. The molecule has 2 aromatic rings. The molecule has 1 aliphatic rings. The van der Waals surface area contributed by atoms with Crippen LogP contribution in [-0.4, -0.2) is 11.7 Å². The molecule has 0 aliphatic heterocycles. The van der Waals surface area contributed by atoms with Gasteiger partial charge < -0.3 is 5.73 Å². The van der Waals surface area contributed by atoms with Crippen LogP contribution >= 0.6 is 11.3 Å². The third kappa shape index (κ3) is 4.07. The largest absolute Gasteiger partial charge is 0.366 e. The second kappa shape index (κ2) is 7.82. The van der Waals surface area contributed by atoms with Crippen LogP contribution in [0, 0.1) is 19.3 Å². The number of hydrogen-bond donors (Lipinski definition) is 1.